The summed E-state index contributed by atoms with van der Waals surface area (Å²) in [5.41, 5.74) is 2.38. The second-order valence-corrected chi connectivity index (χ2v) is 6.64. The molecule has 1 amide bonds. The van der Waals surface area contributed by atoms with E-state index in [1.165, 1.54) is 5.56 Å². The van der Waals surface area contributed by atoms with Crippen molar-refractivity contribution in [2.24, 2.45) is 0 Å². The average Bonchev–Trinajstić information content (AvgIpc) is 2.68. The molecule has 27 heavy (non-hydrogen) atoms. The van der Waals surface area contributed by atoms with Crippen LogP contribution in [0.4, 0.5) is 0 Å². The molecule has 1 atom stereocenters. The van der Waals surface area contributed by atoms with E-state index in [-0.39, 0.29) is 11.9 Å². The van der Waals surface area contributed by atoms with Crippen molar-refractivity contribution in [3.05, 3.63) is 59.7 Å². The topological polar surface area (TPSA) is 47.6 Å². The molecule has 0 aromatic heterocycles. The fourth-order valence-electron chi connectivity index (χ4n) is 2.96. The Morgan fingerprint density at radius 3 is 2.33 bits per heavy atom. The van der Waals surface area contributed by atoms with Crippen molar-refractivity contribution in [3.8, 4) is 11.5 Å². The molecule has 0 bridgehead atoms. The minimum Gasteiger partial charge on any atom is -0.490 e. The molecule has 2 aromatic carbocycles. The highest BCUT2D eigenvalue weighted by Gasteiger charge is 2.10. The quantitative estimate of drug-likeness (QED) is 0.632. The Hall–Kier alpha value is -2.49. The predicted molar refractivity (Wildman–Crippen MR) is 109 cm³/mol. The van der Waals surface area contributed by atoms with Gasteiger partial charge in [0.05, 0.1) is 13.2 Å². The molecule has 0 aliphatic carbocycles. The van der Waals surface area contributed by atoms with E-state index in [0.29, 0.717) is 26.1 Å². The molecule has 0 radical (unpaired) electrons. The number of carbonyl (C=O) groups excluding carboxylic acids is 1. The average molecular weight is 370 g/mol. The molecule has 2 aromatic rings. The molecular formula is C23H31NO3. The number of ether oxygens (including phenoxy) is 2. The van der Waals surface area contributed by atoms with Crippen molar-refractivity contribution in [2.45, 2.75) is 52.5 Å². The number of carbonyl (C=O) groups is 1. The summed E-state index contributed by atoms with van der Waals surface area (Å²) in [6.07, 6.45) is 3.06. The summed E-state index contributed by atoms with van der Waals surface area (Å²) in [6, 6.07) is 16.4. The maximum atomic E-state index is 12.3. The lowest BCUT2D eigenvalue weighted by atomic mass is 10.1. The van der Waals surface area contributed by atoms with E-state index in [9.17, 15) is 4.79 Å². The van der Waals surface area contributed by atoms with Gasteiger partial charge in [-0.3, -0.25) is 4.79 Å². The molecule has 4 nitrogen and oxygen atoms in total. The van der Waals surface area contributed by atoms with Crippen LogP contribution in [0.1, 0.15) is 44.7 Å². The Labute approximate surface area is 162 Å². The normalized spacial score (nSPS) is 11.7. The van der Waals surface area contributed by atoms with E-state index in [1.54, 1.807) is 0 Å². The lowest BCUT2D eigenvalue weighted by Gasteiger charge is -2.15. The smallest absolute Gasteiger partial charge is 0.220 e. The number of hydrogen-bond donors (Lipinski definition) is 1. The second kappa shape index (κ2) is 11.3. The van der Waals surface area contributed by atoms with Gasteiger partial charge in [0.25, 0.3) is 0 Å². The molecule has 146 valence electrons. The Morgan fingerprint density at radius 2 is 1.63 bits per heavy atom. The summed E-state index contributed by atoms with van der Waals surface area (Å²) in [5, 5.41) is 3.10. The van der Waals surface area contributed by atoms with Crippen LogP contribution >= 0.6 is 0 Å². The van der Waals surface area contributed by atoms with Crippen molar-refractivity contribution in [3.63, 3.8) is 0 Å². The van der Waals surface area contributed by atoms with Crippen LogP contribution in [-0.4, -0.2) is 25.2 Å². The summed E-state index contributed by atoms with van der Waals surface area (Å²) in [6.45, 7) is 7.15. The first-order chi connectivity index (χ1) is 13.1. The highest BCUT2D eigenvalue weighted by molar-refractivity contribution is 5.76. The summed E-state index contributed by atoms with van der Waals surface area (Å²) < 4.78 is 11.2. The zero-order valence-corrected chi connectivity index (χ0v) is 16.7. The van der Waals surface area contributed by atoms with Gasteiger partial charge in [0, 0.05) is 12.5 Å². The van der Waals surface area contributed by atoms with E-state index in [4.69, 9.17) is 9.47 Å². The summed E-state index contributed by atoms with van der Waals surface area (Å²) in [5.74, 6) is 1.58. The van der Waals surface area contributed by atoms with E-state index in [1.807, 2.05) is 50.2 Å². The standard InChI is InChI=1S/C23H31NO3/c1-4-26-21-15-13-20(17-22(21)27-5-2)14-16-23(25)24-18(3)11-12-19-9-7-6-8-10-19/h6-10,13,15,17-18H,4-5,11-12,14,16H2,1-3H3,(H,24,25)/t18-/m0/s1. The number of amides is 1. The van der Waals surface area contributed by atoms with Gasteiger partial charge >= 0.3 is 0 Å². The molecule has 0 aliphatic rings. The van der Waals surface area contributed by atoms with Gasteiger partial charge in [0.15, 0.2) is 11.5 Å². The first-order valence-electron chi connectivity index (χ1n) is 9.84. The van der Waals surface area contributed by atoms with Crippen LogP contribution in [0.3, 0.4) is 0 Å². The molecule has 0 aliphatic heterocycles. The van der Waals surface area contributed by atoms with Gasteiger partial charge in [0.1, 0.15) is 0 Å². The minimum atomic E-state index is 0.0856. The maximum absolute atomic E-state index is 12.3. The van der Waals surface area contributed by atoms with Crippen molar-refractivity contribution in [1.82, 2.24) is 5.32 Å². The number of rotatable bonds is 11. The summed E-state index contributed by atoms with van der Waals surface area (Å²) in [7, 11) is 0. The van der Waals surface area contributed by atoms with E-state index >= 15 is 0 Å². The van der Waals surface area contributed by atoms with Gasteiger partial charge in [-0.05, 0) is 63.3 Å². The Balaban J connectivity index is 1.79. The Kier molecular flexibility index (Phi) is 8.69. The zero-order chi connectivity index (χ0) is 19.5. The highest BCUT2D eigenvalue weighted by Crippen LogP contribution is 2.29. The second-order valence-electron chi connectivity index (χ2n) is 6.64. The van der Waals surface area contributed by atoms with Crippen LogP contribution in [0.5, 0.6) is 11.5 Å². The van der Waals surface area contributed by atoms with E-state index in [0.717, 1.165) is 29.9 Å². The predicted octanol–water partition coefficient (Wildman–Crippen LogP) is 4.55. The van der Waals surface area contributed by atoms with Gasteiger partial charge in [0.2, 0.25) is 5.91 Å². The molecule has 2 rings (SSSR count). The molecule has 4 heteroatoms. The van der Waals surface area contributed by atoms with Crippen LogP contribution in [0.15, 0.2) is 48.5 Å². The molecule has 0 unspecified atom stereocenters. The minimum absolute atomic E-state index is 0.0856. The maximum Gasteiger partial charge on any atom is 0.220 e. The van der Waals surface area contributed by atoms with Crippen LogP contribution in [-0.2, 0) is 17.6 Å². The van der Waals surface area contributed by atoms with Crippen molar-refractivity contribution >= 4 is 5.91 Å². The van der Waals surface area contributed by atoms with Crippen molar-refractivity contribution in [1.29, 1.82) is 0 Å². The van der Waals surface area contributed by atoms with Gasteiger partial charge in [-0.25, -0.2) is 0 Å². The molecule has 0 heterocycles. The van der Waals surface area contributed by atoms with Crippen LogP contribution < -0.4 is 14.8 Å². The molecule has 0 spiro atoms. The van der Waals surface area contributed by atoms with Crippen LogP contribution in [0.25, 0.3) is 0 Å². The third-order valence-electron chi connectivity index (χ3n) is 4.36. The van der Waals surface area contributed by atoms with Crippen molar-refractivity contribution in [2.75, 3.05) is 13.2 Å². The van der Waals surface area contributed by atoms with Crippen molar-refractivity contribution < 1.29 is 14.3 Å². The fraction of sp³-hybridized carbons (Fsp3) is 0.435. The Morgan fingerprint density at radius 1 is 0.926 bits per heavy atom. The van der Waals surface area contributed by atoms with Gasteiger partial charge in [-0.2, -0.15) is 0 Å². The van der Waals surface area contributed by atoms with E-state index < -0.39 is 0 Å². The van der Waals surface area contributed by atoms with Crippen LogP contribution in [0, 0.1) is 0 Å². The van der Waals surface area contributed by atoms with Crippen LogP contribution in [0.2, 0.25) is 0 Å². The monoisotopic (exact) mass is 369 g/mol. The van der Waals surface area contributed by atoms with E-state index in [2.05, 4.69) is 24.4 Å². The largest absolute Gasteiger partial charge is 0.490 e. The Bertz CT molecular complexity index is 700. The first-order valence-corrected chi connectivity index (χ1v) is 9.84. The third-order valence-corrected chi connectivity index (χ3v) is 4.36. The number of nitrogens with one attached hydrogen (secondary N) is 1. The lowest BCUT2D eigenvalue weighted by Crippen LogP contribution is -2.33. The summed E-state index contributed by atoms with van der Waals surface area (Å²) in [4.78, 5) is 12.3. The third kappa shape index (κ3) is 7.33. The fourth-order valence-corrected chi connectivity index (χ4v) is 2.96. The highest BCUT2D eigenvalue weighted by atomic mass is 16.5. The molecular weight excluding hydrogens is 338 g/mol. The number of aryl methyl sites for hydroxylation is 2. The van der Waals surface area contributed by atoms with Gasteiger partial charge in [-0.1, -0.05) is 36.4 Å². The molecule has 1 N–H and O–H groups in total. The summed E-state index contributed by atoms with van der Waals surface area (Å²) >= 11 is 0. The lowest BCUT2D eigenvalue weighted by molar-refractivity contribution is -0.121. The SMILES string of the molecule is CCOc1ccc(CCC(=O)N[C@@H](C)CCc2ccccc2)cc1OCC. The molecule has 0 saturated carbocycles. The molecule has 0 fully saturated rings. The zero-order valence-electron chi connectivity index (χ0n) is 16.7. The van der Waals surface area contributed by atoms with Gasteiger partial charge in [-0.15, -0.1) is 0 Å². The first kappa shape index (κ1) is 20.8. The molecule has 0 saturated heterocycles. The number of hydrogen-bond acceptors (Lipinski definition) is 3. The van der Waals surface area contributed by atoms with Gasteiger partial charge < -0.3 is 14.8 Å². The number of benzene rings is 2.